The number of nitrogens with zero attached hydrogens (tertiary/aromatic N) is 2. The number of amides is 1. The summed E-state index contributed by atoms with van der Waals surface area (Å²) in [6.07, 6.45) is 3.95. The molecule has 1 aliphatic heterocycles. The van der Waals surface area contributed by atoms with E-state index in [0.717, 1.165) is 24.8 Å². The van der Waals surface area contributed by atoms with Crippen LogP contribution in [0.1, 0.15) is 24.8 Å². The van der Waals surface area contributed by atoms with Gasteiger partial charge in [0.05, 0.1) is 6.04 Å². The van der Waals surface area contributed by atoms with Gasteiger partial charge in [-0.3, -0.25) is 4.99 Å². The molecule has 1 fully saturated rings. The summed E-state index contributed by atoms with van der Waals surface area (Å²) < 4.78 is 0. The molecule has 1 unspecified atom stereocenters. The van der Waals surface area contributed by atoms with Crippen molar-refractivity contribution in [3.8, 4) is 0 Å². The molecule has 1 saturated heterocycles. The van der Waals surface area contributed by atoms with E-state index in [-0.39, 0.29) is 6.04 Å². The van der Waals surface area contributed by atoms with Gasteiger partial charge < -0.3 is 10.0 Å². The molecule has 1 amide bonds. The Bertz CT molecular complexity index is 417. The predicted octanol–water partition coefficient (Wildman–Crippen LogP) is 2.64. The van der Waals surface area contributed by atoms with E-state index >= 15 is 0 Å². The fraction of sp³-hybridized carbons (Fsp3) is 0.429. The fourth-order valence-corrected chi connectivity index (χ4v) is 2.15. The van der Waals surface area contributed by atoms with Gasteiger partial charge in [0.25, 0.3) is 0 Å². The van der Waals surface area contributed by atoms with Gasteiger partial charge in [-0.15, -0.1) is 0 Å². The zero-order chi connectivity index (χ0) is 12.8. The van der Waals surface area contributed by atoms with E-state index in [1.54, 1.807) is 0 Å². The van der Waals surface area contributed by atoms with Crippen molar-refractivity contribution in [1.29, 1.82) is 0 Å². The number of carbonyl (C=O) groups is 1. The molecule has 0 aliphatic carbocycles. The van der Waals surface area contributed by atoms with Crippen molar-refractivity contribution in [2.24, 2.45) is 4.99 Å². The molecule has 1 aromatic carbocycles. The highest BCUT2D eigenvalue weighted by molar-refractivity contribution is 5.79. The molecule has 4 nitrogen and oxygen atoms in total. The molecule has 18 heavy (non-hydrogen) atoms. The Hall–Kier alpha value is -1.84. The Morgan fingerprint density at radius 1 is 1.33 bits per heavy atom. The summed E-state index contributed by atoms with van der Waals surface area (Å²) in [4.78, 5) is 17.0. The minimum atomic E-state index is -0.836. The summed E-state index contributed by atoms with van der Waals surface area (Å²) in [5.41, 5.74) is 1.06. The first-order chi connectivity index (χ1) is 8.75. The van der Waals surface area contributed by atoms with Gasteiger partial charge in [-0.2, -0.15) is 0 Å². The van der Waals surface area contributed by atoms with Crippen LogP contribution < -0.4 is 0 Å². The van der Waals surface area contributed by atoms with Crippen LogP contribution >= 0.6 is 0 Å². The number of carboxylic acid groups (broad SMARTS) is 1. The second-order valence-corrected chi connectivity index (χ2v) is 4.57. The summed E-state index contributed by atoms with van der Waals surface area (Å²) in [7, 11) is 0. The summed E-state index contributed by atoms with van der Waals surface area (Å²) in [6, 6.07) is 9.99. The van der Waals surface area contributed by atoms with E-state index in [2.05, 4.69) is 4.99 Å². The average molecular weight is 246 g/mol. The lowest BCUT2D eigenvalue weighted by molar-refractivity contribution is 0.145. The van der Waals surface area contributed by atoms with Gasteiger partial charge in [0.1, 0.15) is 0 Å². The van der Waals surface area contributed by atoms with Crippen LogP contribution in [0.4, 0.5) is 4.79 Å². The summed E-state index contributed by atoms with van der Waals surface area (Å²) >= 11 is 0. The smallest absolute Gasteiger partial charge is 0.407 e. The van der Waals surface area contributed by atoms with Gasteiger partial charge in [-0.1, -0.05) is 30.3 Å². The first-order valence-corrected chi connectivity index (χ1v) is 6.32. The Morgan fingerprint density at radius 3 is 2.83 bits per heavy atom. The fourth-order valence-electron chi connectivity index (χ4n) is 2.15. The molecule has 0 bridgehead atoms. The van der Waals surface area contributed by atoms with Crippen LogP contribution in [0.5, 0.6) is 0 Å². The van der Waals surface area contributed by atoms with Crippen LogP contribution in [0.25, 0.3) is 0 Å². The second kappa shape index (κ2) is 6.19. The van der Waals surface area contributed by atoms with E-state index in [1.165, 1.54) is 4.90 Å². The van der Waals surface area contributed by atoms with Crippen LogP contribution in [0.15, 0.2) is 35.3 Å². The third kappa shape index (κ3) is 3.58. The highest BCUT2D eigenvalue weighted by atomic mass is 16.4. The highest BCUT2D eigenvalue weighted by Crippen LogP contribution is 2.13. The van der Waals surface area contributed by atoms with Gasteiger partial charge in [0.15, 0.2) is 0 Å². The number of aliphatic imine (C=N–C) groups is 1. The van der Waals surface area contributed by atoms with Gasteiger partial charge in [0.2, 0.25) is 0 Å². The maximum absolute atomic E-state index is 11.0. The van der Waals surface area contributed by atoms with Gasteiger partial charge in [0, 0.05) is 19.3 Å². The lowest BCUT2D eigenvalue weighted by atomic mass is 10.1. The molecule has 0 radical (unpaired) electrons. The summed E-state index contributed by atoms with van der Waals surface area (Å²) in [5, 5.41) is 9.04. The first kappa shape index (κ1) is 12.6. The minimum Gasteiger partial charge on any atom is -0.465 e. The Morgan fingerprint density at radius 2 is 2.11 bits per heavy atom. The van der Waals surface area contributed by atoms with Crippen LogP contribution in [0.3, 0.4) is 0 Å². The molecule has 4 heteroatoms. The zero-order valence-electron chi connectivity index (χ0n) is 10.3. The Labute approximate surface area is 107 Å². The number of hydrogen-bond donors (Lipinski definition) is 1. The van der Waals surface area contributed by atoms with E-state index in [0.29, 0.717) is 13.1 Å². The zero-order valence-corrected chi connectivity index (χ0v) is 10.3. The molecular weight excluding hydrogens is 228 g/mol. The lowest BCUT2D eigenvalue weighted by Gasteiger charge is -2.18. The van der Waals surface area contributed by atoms with E-state index in [4.69, 9.17) is 5.11 Å². The van der Waals surface area contributed by atoms with Gasteiger partial charge in [-0.25, -0.2) is 4.79 Å². The third-order valence-corrected chi connectivity index (χ3v) is 3.15. The van der Waals surface area contributed by atoms with Crippen molar-refractivity contribution in [1.82, 2.24) is 4.90 Å². The van der Waals surface area contributed by atoms with Crippen molar-refractivity contribution in [3.63, 3.8) is 0 Å². The van der Waals surface area contributed by atoms with Crippen molar-refractivity contribution >= 4 is 12.3 Å². The topological polar surface area (TPSA) is 52.9 Å². The molecule has 96 valence electrons. The number of hydrogen-bond acceptors (Lipinski definition) is 2. The molecule has 1 N–H and O–H groups in total. The molecule has 0 spiro atoms. The highest BCUT2D eigenvalue weighted by Gasteiger charge is 2.20. The quantitative estimate of drug-likeness (QED) is 0.815. The first-order valence-electron chi connectivity index (χ1n) is 6.32. The van der Waals surface area contributed by atoms with E-state index in [9.17, 15) is 4.79 Å². The second-order valence-electron chi connectivity index (χ2n) is 4.57. The van der Waals surface area contributed by atoms with Crippen LogP contribution in [-0.4, -0.2) is 41.4 Å². The maximum Gasteiger partial charge on any atom is 0.407 e. The molecule has 2 rings (SSSR count). The van der Waals surface area contributed by atoms with E-state index < -0.39 is 6.09 Å². The molecular formula is C14H18N2O2. The Balaban J connectivity index is 1.99. The van der Waals surface area contributed by atoms with Crippen molar-refractivity contribution in [3.05, 3.63) is 35.9 Å². The van der Waals surface area contributed by atoms with Crippen molar-refractivity contribution in [2.75, 3.05) is 13.1 Å². The number of benzene rings is 1. The summed E-state index contributed by atoms with van der Waals surface area (Å²) in [5.74, 6) is 0. The van der Waals surface area contributed by atoms with Crippen LogP contribution in [-0.2, 0) is 0 Å². The van der Waals surface area contributed by atoms with Crippen molar-refractivity contribution in [2.45, 2.75) is 25.3 Å². The van der Waals surface area contributed by atoms with Crippen LogP contribution in [0.2, 0.25) is 0 Å². The molecule has 0 aromatic heterocycles. The molecule has 1 aliphatic rings. The maximum atomic E-state index is 11.0. The Kier molecular flexibility index (Phi) is 4.34. The van der Waals surface area contributed by atoms with E-state index in [1.807, 2.05) is 36.5 Å². The number of rotatable bonds is 2. The molecule has 1 aromatic rings. The number of likely N-dealkylation sites (tertiary alicyclic amines) is 1. The standard InChI is InChI=1S/C14H18N2O2/c17-14(18)16-9-5-4-8-13(11-16)15-10-12-6-2-1-3-7-12/h1-3,6-7,10,13H,4-5,8-9,11H2,(H,17,18)/b15-10+. The molecule has 1 atom stereocenters. The largest absolute Gasteiger partial charge is 0.465 e. The molecule has 1 heterocycles. The third-order valence-electron chi connectivity index (χ3n) is 3.15. The van der Waals surface area contributed by atoms with Crippen LogP contribution in [0, 0.1) is 0 Å². The van der Waals surface area contributed by atoms with Crippen molar-refractivity contribution < 1.29 is 9.90 Å². The lowest BCUT2D eigenvalue weighted by Crippen LogP contribution is -2.34. The average Bonchev–Trinajstić information content (AvgIpc) is 2.63. The van der Waals surface area contributed by atoms with Gasteiger partial charge >= 0.3 is 6.09 Å². The van der Waals surface area contributed by atoms with Gasteiger partial charge in [-0.05, 0) is 24.8 Å². The normalized spacial score (nSPS) is 20.9. The predicted molar refractivity (Wildman–Crippen MR) is 71.3 cm³/mol. The summed E-state index contributed by atoms with van der Waals surface area (Å²) in [6.45, 7) is 1.14. The monoisotopic (exact) mass is 246 g/mol. The minimum absolute atomic E-state index is 0.0869. The SMILES string of the molecule is O=C(O)N1CCCCC(/N=C/c2ccccc2)C1. The molecule has 0 saturated carbocycles.